The fraction of sp³-hybridized carbons (Fsp3) is 0.304. The molecule has 0 saturated heterocycles. The molecule has 1 amide bonds. The molecule has 2 N–H and O–H groups in total. The Labute approximate surface area is 189 Å². The molecule has 1 aromatic carbocycles. The number of hydrazine groups is 1. The number of pyridine rings is 1. The van der Waals surface area contributed by atoms with Crippen LogP contribution in [0.5, 0.6) is 0 Å². The Morgan fingerprint density at radius 2 is 1.91 bits per heavy atom. The van der Waals surface area contributed by atoms with Crippen LogP contribution in [-0.2, 0) is 5.75 Å². The number of para-hydroxylation sites is 1. The molecular weight excluding hydrogens is 426 g/mol. The average Bonchev–Trinajstić information content (AvgIpc) is 3.47. The molecule has 1 aliphatic rings. The molecule has 1 aliphatic carbocycles. The van der Waals surface area contributed by atoms with Gasteiger partial charge in [0, 0.05) is 39.9 Å². The lowest BCUT2D eigenvalue weighted by Gasteiger charge is -2.20. The number of amides is 1. The van der Waals surface area contributed by atoms with Gasteiger partial charge in [-0.15, -0.1) is 0 Å². The molecule has 164 valence electrons. The number of carbonyl (C=O) groups is 1. The van der Waals surface area contributed by atoms with Gasteiger partial charge in [-0.25, -0.2) is 5.43 Å². The Hall–Kier alpha value is -3.33. The lowest BCUT2D eigenvalue weighted by atomic mass is 10.0. The van der Waals surface area contributed by atoms with Crippen LogP contribution >= 0.6 is 11.8 Å². The van der Waals surface area contributed by atoms with E-state index < -0.39 is 0 Å². The number of hydrogen-bond donors (Lipinski definition) is 2. The number of thioether (sulfide) groups is 1. The lowest BCUT2D eigenvalue weighted by Crippen LogP contribution is -2.29. The number of hydrogen-bond acceptors (Lipinski definition) is 8. The van der Waals surface area contributed by atoms with Crippen LogP contribution < -0.4 is 10.9 Å². The van der Waals surface area contributed by atoms with Gasteiger partial charge in [0.25, 0.3) is 0 Å². The third-order valence-electron chi connectivity index (χ3n) is 5.57. The maximum Gasteiger partial charge on any atom is 0.340 e. The number of rotatable bonds is 7. The monoisotopic (exact) mass is 449 g/mol. The van der Waals surface area contributed by atoms with E-state index in [1.54, 1.807) is 24.5 Å². The molecule has 9 heteroatoms. The van der Waals surface area contributed by atoms with E-state index in [2.05, 4.69) is 26.0 Å². The van der Waals surface area contributed by atoms with Crippen LogP contribution in [0.4, 0.5) is 6.01 Å². The van der Waals surface area contributed by atoms with Gasteiger partial charge in [0.05, 0.1) is 0 Å². The van der Waals surface area contributed by atoms with E-state index >= 15 is 0 Å². The Bertz CT molecular complexity index is 1200. The molecule has 0 bridgehead atoms. The quantitative estimate of drug-likeness (QED) is 0.371. The highest BCUT2D eigenvalue weighted by Gasteiger charge is 2.23. The third kappa shape index (κ3) is 4.47. The highest BCUT2D eigenvalue weighted by Crippen LogP contribution is 2.35. The highest BCUT2D eigenvalue weighted by molar-refractivity contribution is 7.99. The minimum Gasteiger partial charge on any atom is -0.451 e. The van der Waals surface area contributed by atoms with Gasteiger partial charge in [0.1, 0.15) is 5.58 Å². The fourth-order valence-corrected chi connectivity index (χ4v) is 5.27. The summed E-state index contributed by atoms with van der Waals surface area (Å²) in [6.45, 7) is 0. The van der Waals surface area contributed by atoms with Gasteiger partial charge in [-0.1, -0.05) is 42.6 Å². The van der Waals surface area contributed by atoms with Crippen LogP contribution in [0, 0.1) is 0 Å². The molecule has 32 heavy (non-hydrogen) atoms. The normalized spacial score (nSPS) is 14.5. The van der Waals surface area contributed by atoms with Crippen molar-refractivity contribution < 1.29 is 13.7 Å². The zero-order valence-corrected chi connectivity index (χ0v) is 18.2. The van der Waals surface area contributed by atoms with Gasteiger partial charge in [0.2, 0.25) is 5.82 Å². The van der Waals surface area contributed by atoms with Crippen LogP contribution in [0.1, 0.15) is 48.2 Å². The number of anilines is 1. The Morgan fingerprint density at radius 3 is 2.75 bits per heavy atom. The highest BCUT2D eigenvalue weighted by atomic mass is 32.2. The molecule has 1 saturated carbocycles. The van der Waals surface area contributed by atoms with E-state index in [-0.39, 0.29) is 11.9 Å². The molecule has 1 fully saturated rings. The molecule has 3 aromatic heterocycles. The Morgan fingerprint density at radius 1 is 1.09 bits per heavy atom. The third-order valence-corrected chi connectivity index (χ3v) is 6.97. The van der Waals surface area contributed by atoms with Crippen LogP contribution in [0.2, 0.25) is 0 Å². The molecule has 3 heterocycles. The SMILES string of the molecule is O=C(NNc1nc(-c2ccncc2)no1)c1oc2ccccc2c1CSC1CCCCC1. The van der Waals surface area contributed by atoms with Crippen molar-refractivity contribution >= 4 is 34.7 Å². The number of aromatic nitrogens is 3. The second-order valence-electron chi connectivity index (χ2n) is 7.72. The summed E-state index contributed by atoms with van der Waals surface area (Å²) in [6, 6.07) is 11.4. The van der Waals surface area contributed by atoms with Gasteiger partial charge in [-0.2, -0.15) is 16.7 Å². The molecule has 0 aliphatic heterocycles. The van der Waals surface area contributed by atoms with E-state index in [4.69, 9.17) is 8.94 Å². The predicted molar refractivity (Wildman–Crippen MR) is 123 cm³/mol. The number of benzene rings is 1. The first-order valence-corrected chi connectivity index (χ1v) is 11.8. The van der Waals surface area contributed by atoms with Crippen molar-refractivity contribution in [2.24, 2.45) is 0 Å². The molecule has 4 aromatic rings. The van der Waals surface area contributed by atoms with Crippen molar-refractivity contribution in [3.05, 3.63) is 60.1 Å². The second-order valence-corrected chi connectivity index (χ2v) is 9.00. The van der Waals surface area contributed by atoms with Crippen LogP contribution in [0.25, 0.3) is 22.4 Å². The van der Waals surface area contributed by atoms with Crippen LogP contribution in [0.15, 0.2) is 57.7 Å². The zero-order valence-electron chi connectivity index (χ0n) is 17.4. The van der Waals surface area contributed by atoms with E-state index in [0.29, 0.717) is 22.4 Å². The number of nitrogens with one attached hydrogen (secondary N) is 2. The summed E-state index contributed by atoms with van der Waals surface area (Å²) in [5, 5.41) is 5.52. The Balaban J connectivity index is 1.30. The number of fused-ring (bicyclic) bond motifs is 1. The standard InChI is InChI=1S/C23H23N5O3S/c29-22(26-27-23-25-21(28-31-23)15-10-12-24-13-11-15)20-18(14-32-16-6-2-1-3-7-16)17-8-4-5-9-19(17)30-20/h4-5,8-13,16H,1-3,6-7,14H2,(H,26,29)(H,25,27,28). The maximum absolute atomic E-state index is 13.0. The Kier molecular flexibility index (Phi) is 6.06. The summed E-state index contributed by atoms with van der Waals surface area (Å²) in [4.78, 5) is 21.2. The fourth-order valence-electron chi connectivity index (χ4n) is 3.92. The molecular formula is C23H23N5O3S. The molecule has 0 spiro atoms. The topological polar surface area (TPSA) is 106 Å². The minimum atomic E-state index is -0.385. The lowest BCUT2D eigenvalue weighted by molar-refractivity contribution is 0.0934. The first-order chi connectivity index (χ1) is 15.8. The van der Waals surface area contributed by atoms with E-state index in [1.807, 2.05) is 36.0 Å². The van der Waals surface area contributed by atoms with Gasteiger partial charge in [0.15, 0.2) is 5.76 Å². The summed E-state index contributed by atoms with van der Waals surface area (Å²) in [6.07, 6.45) is 9.66. The predicted octanol–water partition coefficient (Wildman–Crippen LogP) is 5.20. The zero-order chi connectivity index (χ0) is 21.8. The van der Waals surface area contributed by atoms with E-state index in [1.165, 1.54) is 32.1 Å². The number of furan rings is 1. The molecule has 0 unspecified atom stereocenters. The largest absolute Gasteiger partial charge is 0.451 e. The van der Waals surface area contributed by atoms with Crippen molar-refractivity contribution in [3.63, 3.8) is 0 Å². The molecule has 0 radical (unpaired) electrons. The first-order valence-electron chi connectivity index (χ1n) is 10.7. The summed E-state index contributed by atoms with van der Waals surface area (Å²) < 4.78 is 11.1. The summed E-state index contributed by atoms with van der Waals surface area (Å²) in [5.41, 5.74) is 7.69. The van der Waals surface area contributed by atoms with Crippen LogP contribution in [0.3, 0.4) is 0 Å². The smallest absolute Gasteiger partial charge is 0.340 e. The molecule has 5 rings (SSSR count). The minimum absolute atomic E-state index is 0.0828. The molecule has 0 atom stereocenters. The van der Waals surface area contributed by atoms with Gasteiger partial charge < -0.3 is 8.94 Å². The summed E-state index contributed by atoms with van der Waals surface area (Å²) in [7, 11) is 0. The van der Waals surface area contributed by atoms with E-state index in [9.17, 15) is 4.79 Å². The van der Waals surface area contributed by atoms with Gasteiger partial charge >= 0.3 is 11.9 Å². The van der Waals surface area contributed by atoms with Crippen molar-refractivity contribution in [2.45, 2.75) is 43.1 Å². The van der Waals surface area contributed by atoms with Gasteiger partial charge in [-0.3, -0.25) is 15.2 Å². The summed E-state index contributed by atoms with van der Waals surface area (Å²) in [5.74, 6) is 1.05. The average molecular weight is 450 g/mol. The summed E-state index contributed by atoms with van der Waals surface area (Å²) >= 11 is 1.91. The molecule has 8 nitrogen and oxygen atoms in total. The number of carbonyl (C=O) groups excluding carboxylic acids is 1. The van der Waals surface area contributed by atoms with Crippen molar-refractivity contribution in [2.75, 3.05) is 5.43 Å². The van der Waals surface area contributed by atoms with Gasteiger partial charge in [-0.05, 0) is 31.0 Å². The first kappa shape index (κ1) is 20.6. The second kappa shape index (κ2) is 9.44. The van der Waals surface area contributed by atoms with E-state index in [0.717, 1.165) is 22.3 Å². The maximum atomic E-state index is 13.0. The van der Waals surface area contributed by atoms with Crippen molar-refractivity contribution in [1.82, 2.24) is 20.6 Å². The van der Waals surface area contributed by atoms with Crippen molar-refractivity contribution in [3.8, 4) is 11.4 Å². The number of nitrogens with zero attached hydrogens (tertiary/aromatic N) is 3. The van der Waals surface area contributed by atoms with Crippen molar-refractivity contribution in [1.29, 1.82) is 0 Å². The van der Waals surface area contributed by atoms with Crippen LogP contribution in [-0.4, -0.2) is 26.3 Å².